The average Bonchev–Trinajstić information content (AvgIpc) is 3.13. The summed E-state index contributed by atoms with van der Waals surface area (Å²) >= 11 is 1.56. The summed E-state index contributed by atoms with van der Waals surface area (Å²) in [4.78, 5) is 22.2. The lowest BCUT2D eigenvalue weighted by atomic mass is 10.1. The standard InChI is InChI=1S/C25H19N3O3S/c1-15-24(25(30)28-14-16-3-2-9-26-13-16)20-7-5-18(12-23(20)32-15)31-22-8-10-27-21-11-17(29)4-6-19(21)22/h2-13,29H,14H2,1H3,(H,28,30). The molecule has 0 aliphatic rings. The van der Waals surface area contributed by atoms with Gasteiger partial charge in [-0.1, -0.05) is 6.07 Å². The summed E-state index contributed by atoms with van der Waals surface area (Å²) in [6.07, 6.45) is 5.10. The van der Waals surface area contributed by atoms with Crippen molar-refractivity contribution >= 4 is 38.2 Å². The molecule has 158 valence electrons. The zero-order chi connectivity index (χ0) is 22.1. The van der Waals surface area contributed by atoms with Gasteiger partial charge >= 0.3 is 0 Å². The van der Waals surface area contributed by atoms with Crippen molar-refractivity contribution in [2.45, 2.75) is 13.5 Å². The van der Waals surface area contributed by atoms with Crippen molar-refractivity contribution < 1.29 is 14.6 Å². The number of nitrogens with zero attached hydrogens (tertiary/aromatic N) is 2. The molecule has 0 aliphatic carbocycles. The molecule has 7 heteroatoms. The minimum Gasteiger partial charge on any atom is -0.508 e. The molecule has 2 aromatic carbocycles. The number of fused-ring (bicyclic) bond motifs is 2. The zero-order valence-electron chi connectivity index (χ0n) is 17.2. The Morgan fingerprint density at radius 3 is 2.81 bits per heavy atom. The second kappa shape index (κ2) is 8.28. The van der Waals surface area contributed by atoms with Gasteiger partial charge in [-0.25, -0.2) is 0 Å². The molecule has 3 heterocycles. The SMILES string of the molecule is Cc1sc2cc(Oc3ccnc4cc(O)ccc34)ccc2c1C(=O)NCc1cccnc1. The molecule has 1 amide bonds. The van der Waals surface area contributed by atoms with Crippen molar-refractivity contribution in [3.8, 4) is 17.2 Å². The van der Waals surface area contributed by atoms with E-state index in [9.17, 15) is 9.90 Å². The molecule has 0 atom stereocenters. The first-order chi connectivity index (χ1) is 15.6. The highest BCUT2D eigenvalue weighted by Gasteiger charge is 2.17. The lowest BCUT2D eigenvalue weighted by Crippen LogP contribution is -2.23. The quantitative estimate of drug-likeness (QED) is 0.372. The van der Waals surface area contributed by atoms with E-state index in [1.807, 2.05) is 37.3 Å². The topological polar surface area (TPSA) is 84.3 Å². The predicted octanol–water partition coefficient (Wildman–Crippen LogP) is 5.58. The molecule has 0 fully saturated rings. The zero-order valence-corrected chi connectivity index (χ0v) is 18.0. The van der Waals surface area contributed by atoms with Gasteiger partial charge in [-0.15, -0.1) is 11.3 Å². The Kier molecular flexibility index (Phi) is 5.17. The fraction of sp³-hybridized carbons (Fsp3) is 0.0800. The van der Waals surface area contributed by atoms with Crippen LogP contribution in [0.4, 0.5) is 0 Å². The molecule has 0 spiro atoms. The minimum absolute atomic E-state index is 0.105. The summed E-state index contributed by atoms with van der Waals surface area (Å²) in [5.74, 6) is 1.37. The highest BCUT2D eigenvalue weighted by Crippen LogP contribution is 2.36. The van der Waals surface area contributed by atoms with Gasteiger partial charge in [0.2, 0.25) is 0 Å². The fourth-order valence-corrected chi connectivity index (χ4v) is 4.73. The smallest absolute Gasteiger partial charge is 0.253 e. The van der Waals surface area contributed by atoms with Crippen LogP contribution in [0.1, 0.15) is 20.8 Å². The lowest BCUT2D eigenvalue weighted by Gasteiger charge is -2.09. The van der Waals surface area contributed by atoms with Gasteiger partial charge in [0.15, 0.2) is 0 Å². The van der Waals surface area contributed by atoms with E-state index in [2.05, 4.69) is 15.3 Å². The lowest BCUT2D eigenvalue weighted by molar-refractivity contribution is 0.0952. The van der Waals surface area contributed by atoms with Crippen LogP contribution >= 0.6 is 11.3 Å². The summed E-state index contributed by atoms with van der Waals surface area (Å²) in [6, 6.07) is 16.3. The highest BCUT2D eigenvalue weighted by molar-refractivity contribution is 7.19. The van der Waals surface area contributed by atoms with Crippen LogP contribution in [-0.2, 0) is 6.54 Å². The van der Waals surface area contributed by atoms with Crippen molar-refractivity contribution in [1.82, 2.24) is 15.3 Å². The maximum absolute atomic E-state index is 12.9. The van der Waals surface area contributed by atoms with Crippen LogP contribution in [0.3, 0.4) is 0 Å². The van der Waals surface area contributed by atoms with E-state index < -0.39 is 0 Å². The Labute approximate surface area is 188 Å². The molecule has 2 N–H and O–H groups in total. The Balaban J connectivity index is 1.41. The van der Waals surface area contributed by atoms with Crippen molar-refractivity contribution in [3.63, 3.8) is 0 Å². The fourth-order valence-electron chi connectivity index (χ4n) is 3.64. The number of thiophene rings is 1. The number of benzene rings is 2. The molecule has 0 aliphatic heterocycles. The van der Waals surface area contributed by atoms with E-state index in [0.29, 0.717) is 29.1 Å². The van der Waals surface area contributed by atoms with Crippen LogP contribution in [0.25, 0.3) is 21.0 Å². The van der Waals surface area contributed by atoms with Crippen LogP contribution in [0.2, 0.25) is 0 Å². The number of aromatic hydroxyl groups is 1. The maximum Gasteiger partial charge on any atom is 0.253 e. The number of hydrogen-bond donors (Lipinski definition) is 2. The summed E-state index contributed by atoms with van der Waals surface area (Å²) in [7, 11) is 0. The molecule has 6 nitrogen and oxygen atoms in total. The third kappa shape index (κ3) is 3.86. The van der Waals surface area contributed by atoms with E-state index in [1.54, 1.807) is 54.2 Å². The summed E-state index contributed by atoms with van der Waals surface area (Å²) in [5, 5.41) is 14.4. The predicted molar refractivity (Wildman–Crippen MR) is 125 cm³/mol. The van der Waals surface area contributed by atoms with Crippen LogP contribution in [0.5, 0.6) is 17.2 Å². The average molecular weight is 442 g/mol. The van der Waals surface area contributed by atoms with Crippen molar-refractivity contribution in [3.05, 3.63) is 89.2 Å². The third-order valence-electron chi connectivity index (χ3n) is 5.15. The number of ether oxygens (including phenoxy) is 1. The van der Waals surface area contributed by atoms with E-state index in [-0.39, 0.29) is 11.7 Å². The summed E-state index contributed by atoms with van der Waals surface area (Å²) < 4.78 is 7.11. The van der Waals surface area contributed by atoms with Crippen molar-refractivity contribution in [2.75, 3.05) is 0 Å². The molecule has 0 saturated carbocycles. The first kappa shape index (κ1) is 20.0. The van der Waals surface area contributed by atoms with Crippen LogP contribution < -0.4 is 10.1 Å². The summed E-state index contributed by atoms with van der Waals surface area (Å²) in [5.41, 5.74) is 2.29. The molecular formula is C25H19N3O3S. The number of pyridine rings is 2. The Hall–Kier alpha value is -3.97. The van der Waals surface area contributed by atoms with Crippen molar-refractivity contribution in [2.24, 2.45) is 0 Å². The Bertz CT molecular complexity index is 1450. The molecule has 3 aromatic heterocycles. The molecule has 0 radical (unpaired) electrons. The number of carbonyl (C=O) groups excluding carboxylic acids is 1. The van der Waals surface area contributed by atoms with Gasteiger partial charge in [-0.2, -0.15) is 0 Å². The number of amides is 1. The number of rotatable bonds is 5. The molecule has 5 rings (SSSR count). The summed E-state index contributed by atoms with van der Waals surface area (Å²) in [6.45, 7) is 2.38. The van der Waals surface area contributed by atoms with Gasteiger partial charge in [0.05, 0.1) is 11.1 Å². The first-order valence-corrected chi connectivity index (χ1v) is 10.9. The Morgan fingerprint density at radius 1 is 1.09 bits per heavy atom. The molecule has 0 unspecified atom stereocenters. The van der Waals surface area contributed by atoms with E-state index in [4.69, 9.17) is 4.74 Å². The number of nitrogens with one attached hydrogen (secondary N) is 1. The van der Waals surface area contributed by atoms with E-state index in [0.717, 1.165) is 25.9 Å². The van der Waals surface area contributed by atoms with Crippen LogP contribution in [0.15, 0.2) is 73.2 Å². The Morgan fingerprint density at radius 2 is 1.97 bits per heavy atom. The number of hydrogen-bond acceptors (Lipinski definition) is 6. The van der Waals surface area contributed by atoms with Gasteiger partial charge in [-0.3, -0.25) is 14.8 Å². The van der Waals surface area contributed by atoms with Gasteiger partial charge in [0.25, 0.3) is 5.91 Å². The number of aromatic nitrogens is 2. The van der Waals surface area contributed by atoms with Gasteiger partial charge in [-0.05, 0) is 55.0 Å². The largest absolute Gasteiger partial charge is 0.508 e. The van der Waals surface area contributed by atoms with Crippen molar-refractivity contribution in [1.29, 1.82) is 0 Å². The number of phenols is 1. The van der Waals surface area contributed by atoms with Crippen LogP contribution in [0, 0.1) is 6.92 Å². The highest BCUT2D eigenvalue weighted by atomic mass is 32.1. The number of aryl methyl sites for hydroxylation is 1. The molecular weight excluding hydrogens is 422 g/mol. The minimum atomic E-state index is -0.105. The normalized spacial score (nSPS) is 11.0. The van der Waals surface area contributed by atoms with E-state index in [1.165, 1.54) is 0 Å². The monoisotopic (exact) mass is 441 g/mol. The van der Waals surface area contributed by atoms with Gasteiger partial charge < -0.3 is 15.2 Å². The maximum atomic E-state index is 12.9. The number of phenolic OH excluding ortho intramolecular Hbond substituents is 1. The van der Waals surface area contributed by atoms with E-state index >= 15 is 0 Å². The third-order valence-corrected chi connectivity index (χ3v) is 6.22. The molecule has 5 aromatic rings. The second-order valence-electron chi connectivity index (χ2n) is 7.35. The first-order valence-electron chi connectivity index (χ1n) is 10.0. The molecule has 0 saturated heterocycles. The molecule has 32 heavy (non-hydrogen) atoms. The number of carbonyl (C=O) groups is 1. The van der Waals surface area contributed by atoms with Gasteiger partial charge in [0.1, 0.15) is 17.2 Å². The second-order valence-corrected chi connectivity index (χ2v) is 8.60. The van der Waals surface area contributed by atoms with Crippen LogP contribution in [-0.4, -0.2) is 21.0 Å². The van der Waals surface area contributed by atoms with Gasteiger partial charge in [0, 0.05) is 51.6 Å². The molecule has 0 bridgehead atoms.